The van der Waals surface area contributed by atoms with Crippen LogP contribution in [0.2, 0.25) is 0 Å². The first-order valence-corrected chi connectivity index (χ1v) is 5.55. The highest BCUT2D eigenvalue weighted by atomic mass is 32.1. The van der Waals surface area contributed by atoms with E-state index < -0.39 is 6.10 Å². The Morgan fingerprint density at radius 3 is 2.94 bits per heavy atom. The molecule has 1 aromatic carbocycles. The second kappa shape index (κ2) is 4.21. The van der Waals surface area contributed by atoms with Crippen LogP contribution >= 0.6 is 12.2 Å². The van der Waals surface area contributed by atoms with Crippen molar-refractivity contribution < 1.29 is 9.53 Å². The molecule has 1 heterocycles. The highest BCUT2D eigenvalue weighted by Gasteiger charge is 2.30. The lowest BCUT2D eigenvalue weighted by Crippen LogP contribution is -2.42. The fraction of sp³-hybridized carbons (Fsp3) is 0.273. The number of nitrogens with two attached hydrogens (primary N) is 1. The van der Waals surface area contributed by atoms with Crippen LogP contribution in [-0.2, 0) is 4.79 Å². The monoisotopic (exact) mass is 251 g/mol. The van der Waals surface area contributed by atoms with Gasteiger partial charge in [0.1, 0.15) is 0 Å². The molecule has 1 aromatic rings. The summed E-state index contributed by atoms with van der Waals surface area (Å²) in [6, 6.07) is 5.42. The molecule has 0 spiro atoms. The van der Waals surface area contributed by atoms with Crippen molar-refractivity contribution >= 4 is 34.6 Å². The zero-order valence-electron chi connectivity index (χ0n) is 9.56. The first-order chi connectivity index (χ1) is 8.00. The number of hydrogen-bond donors (Lipinski definition) is 2. The van der Waals surface area contributed by atoms with E-state index in [-0.39, 0.29) is 11.0 Å². The summed E-state index contributed by atoms with van der Waals surface area (Å²) >= 11 is 4.80. The first-order valence-electron chi connectivity index (χ1n) is 5.14. The van der Waals surface area contributed by atoms with Gasteiger partial charge in [-0.1, -0.05) is 6.07 Å². The van der Waals surface area contributed by atoms with Gasteiger partial charge in [0.2, 0.25) is 0 Å². The lowest BCUT2D eigenvalue weighted by molar-refractivity contribution is -0.125. The minimum absolute atomic E-state index is 0.0787. The Kier molecular flexibility index (Phi) is 2.89. The van der Waals surface area contributed by atoms with Gasteiger partial charge in [0.15, 0.2) is 17.0 Å². The van der Waals surface area contributed by atoms with Crippen molar-refractivity contribution in [2.75, 3.05) is 17.3 Å². The minimum atomic E-state index is -0.512. The number of ether oxygens (including phenoxy) is 1. The number of anilines is 2. The molecule has 17 heavy (non-hydrogen) atoms. The van der Waals surface area contributed by atoms with Crippen molar-refractivity contribution in [2.24, 2.45) is 5.73 Å². The number of carbonyl (C=O) groups excluding carboxylic acids is 1. The third-order valence-corrected chi connectivity index (χ3v) is 2.69. The van der Waals surface area contributed by atoms with Crippen molar-refractivity contribution in [3.8, 4) is 5.75 Å². The highest BCUT2D eigenvalue weighted by Crippen LogP contribution is 2.39. The van der Waals surface area contributed by atoms with E-state index in [4.69, 9.17) is 22.7 Å². The van der Waals surface area contributed by atoms with Gasteiger partial charge in [-0.15, -0.1) is 0 Å². The van der Waals surface area contributed by atoms with Crippen LogP contribution in [-0.4, -0.2) is 24.2 Å². The molecule has 0 saturated carbocycles. The SMILES string of the molecule is CC1Oc2c(NC(N)=S)cccc2N(C)C1=O. The van der Waals surface area contributed by atoms with Gasteiger partial charge in [-0.05, 0) is 31.3 Å². The maximum atomic E-state index is 11.8. The largest absolute Gasteiger partial charge is 0.476 e. The second-order valence-corrected chi connectivity index (χ2v) is 4.24. The number of hydrogen-bond acceptors (Lipinski definition) is 3. The summed E-state index contributed by atoms with van der Waals surface area (Å²) in [5, 5.41) is 3.00. The number of likely N-dealkylation sites (N-methyl/N-ethyl adjacent to an activating group) is 1. The van der Waals surface area contributed by atoms with Crippen LogP contribution in [0, 0.1) is 0 Å². The van der Waals surface area contributed by atoms with E-state index in [1.165, 1.54) is 0 Å². The van der Waals surface area contributed by atoms with Crippen LogP contribution in [0.3, 0.4) is 0 Å². The van der Waals surface area contributed by atoms with Crippen molar-refractivity contribution in [1.29, 1.82) is 0 Å². The quantitative estimate of drug-likeness (QED) is 0.731. The molecule has 90 valence electrons. The summed E-state index contributed by atoms with van der Waals surface area (Å²) in [7, 11) is 1.71. The van der Waals surface area contributed by atoms with Crippen LogP contribution in [0.5, 0.6) is 5.75 Å². The standard InChI is InChI=1S/C11H13N3O2S/c1-6-10(15)14(2)8-5-3-4-7(9(8)16-6)13-11(12)17/h3-6H,1-2H3,(H3,12,13,17). The molecule has 1 unspecified atom stereocenters. The molecule has 3 N–H and O–H groups in total. The zero-order valence-corrected chi connectivity index (χ0v) is 10.4. The molecular weight excluding hydrogens is 238 g/mol. The number of benzene rings is 1. The van der Waals surface area contributed by atoms with Crippen LogP contribution in [0.4, 0.5) is 11.4 Å². The first kappa shape index (κ1) is 11.7. The van der Waals surface area contributed by atoms with E-state index in [1.54, 1.807) is 24.9 Å². The van der Waals surface area contributed by atoms with Gasteiger partial charge in [0.25, 0.3) is 5.91 Å². The Bertz CT molecular complexity index is 490. The number of carbonyl (C=O) groups is 1. The summed E-state index contributed by atoms with van der Waals surface area (Å²) in [6.45, 7) is 1.71. The number of nitrogens with zero attached hydrogens (tertiary/aromatic N) is 1. The molecule has 5 nitrogen and oxygen atoms in total. The number of rotatable bonds is 1. The minimum Gasteiger partial charge on any atom is -0.476 e. The van der Waals surface area contributed by atoms with E-state index in [0.29, 0.717) is 17.1 Å². The average Bonchev–Trinajstić information content (AvgIpc) is 2.27. The summed E-state index contributed by atoms with van der Waals surface area (Å²) in [5.41, 5.74) is 6.81. The van der Waals surface area contributed by atoms with Crippen LogP contribution in [0.1, 0.15) is 6.92 Å². The van der Waals surface area contributed by atoms with Crippen LogP contribution in [0.15, 0.2) is 18.2 Å². The van der Waals surface area contributed by atoms with E-state index >= 15 is 0 Å². The highest BCUT2D eigenvalue weighted by molar-refractivity contribution is 7.80. The topological polar surface area (TPSA) is 67.6 Å². The second-order valence-electron chi connectivity index (χ2n) is 3.80. The van der Waals surface area contributed by atoms with Crippen molar-refractivity contribution in [2.45, 2.75) is 13.0 Å². The maximum absolute atomic E-state index is 11.8. The van der Waals surface area contributed by atoms with Crippen molar-refractivity contribution in [3.63, 3.8) is 0 Å². The van der Waals surface area contributed by atoms with Gasteiger partial charge in [0, 0.05) is 7.05 Å². The Labute approximate surface area is 105 Å². The molecule has 1 aliphatic heterocycles. The van der Waals surface area contributed by atoms with Crippen molar-refractivity contribution in [1.82, 2.24) is 0 Å². The number of fused-ring (bicyclic) bond motifs is 1. The number of nitrogens with one attached hydrogen (secondary N) is 1. The van der Waals surface area contributed by atoms with Crippen molar-refractivity contribution in [3.05, 3.63) is 18.2 Å². The van der Waals surface area contributed by atoms with Gasteiger partial charge in [-0.2, -0.15) is 0 Å². The zero-order chi connectivity index (χ0) is 12.6. The van der Waals surface area contributed by atoms with Gasteiger partial charge < -0.3 is 20.7 Å². The van der Waals surface area contributed by atoms with E-state index in [9.17, 15) is 4.79 Å². The lowest BCUT2D eigenvalue weighted by Gasteiger charge is -2.31. The molecule has 0 fully saturated rings. The average molecular weight is 251 g/mol. The Morgan fingerprint density at radius 2 is 2.29 bits per heavy atom. The number of thiocarbonyl (C=S) groups is 1. The molecule has 2 rings (SSSR count). The molecule has 0 radical (unpaired) electrons. The molecule has 0 aromatic heterocycles. The van der Waals surface area contributed by atoms with E-state index in [1.807, 2.05) is 12.1 Å². The molecular formula is C11H13N3O2S. The number of amides is 1. The normalized spacial score (nSPS) is 18.4. The third kappa shape index (κ3) is 2.03. The Morgan fingerprint density at radius 1 is 1.59 bits per heavy atom. The molecule has 0 aliphatic carbocycles. The van der Waals surface area contributed by atoms with Gasteiger partial charge >= 0.3 is 0 Å². The third-order valence-electron chi connectivity index (χ3n) is 2.59. The Hall–Kier alpha value is -1.82. The molecule has 1 atom stereocenters. The molecule has 1 amide bonds. The van der Waals surface area contributed by atoms with Gasteiger partial charge in [0.05, 0.1) is 11.4 Å². The smallest absolute Gasteiger partial charge is 0.267 e. The molecule has 6 heteroatoms. The predicted octanol–water partition coefficient (Wildman–Crippen LogP) is 1.09. The Balaban J connectivity index is 2.48. The van der Waals surface area contributed by atoms with Gasteiger partial charge in [-0.3, -0.25) is 4.79 Å². The summed E-state index contributed by atoms with van der Waals surface area (Å²) < 4.78 is 5.58. The van der Waals surface area contributed by atoms with Crippen LogP contribution in [0.25, 0.3) is 0 Å². The molecule has 0 bridgehead atoms. The summed E-state index contributed by atoms with van der Waals surface area (Å²) in [5.74, 6) is 0.514. The predicted molar refractivity (Wildman–Crippen MR) is 70.4 cm³/mol. The van der Waals surface area contributed by atoms with E-state index in [0.717, 1.165) is 0 Å². The summed E-state index contributed by atoms with van der Waals surface area (Å²) in [6.07, 6.45) is -0.512. The lowest BCUT2D eigenvalue weighted by atomic mass is 10.1. The fourth-order valence-corrected chi connectivity index (χ4v) is 1.87. The maximum Gasteiger partial charge on any atom is 0.267 e. The summed E-state index contributed by atoms with van der Waals surface area (Å²) in [4.78, 5) is 13.3. The molecule has 1 aliphatic rings. The molecule has 0 saturated heterocycles. The van der Waals surface area contributed by atoms with Gasteiger partial charge in [-0.25, -0.2) is 0 Å². The van der Waals surface area contributed by atoms with E-state index in [2.05, 4.69) is 5.32 Å². The van der Waals surface area contributed by atoms with Crippen LogP contribution < -0.4 is 20.7 Å². The number of para-hydroxylation sites is 1. The fourth-order valence-electron chi connectivity index (χ4n) is 1.76.